The van der Waals surface area contributed by atoms with Crippen molar-refractivity contribution in [1.82, 2.24) is 0 Å². The SMILES string of the molecule is C=C(C)C(=O)OCC(CC)(COC(=O)CCCCCC(=O)OCC(CC)(COC(=O)C(=C)C)COC(=O)C(=C)C)COC(=O)C(=C)C. The highest BCUT2D eigenvalue weighted by atomic mass is 16.6. The van der Waals surface area contributed by atoms with Crippen LogP contribution in [-0.2, 0) is 57.2 Å². The molecule has 0 aliphatic heterocycles. The van der Waals surface area contributed by atoms with E-state index in [1.165, 1.54) is 27.7 Å². The lowest BCUT2D eigenvalue weighted by atomic mass is 9.88. The fraction of sp³-hybridized carbons (Fsp3) is 0.600. The Kier molecular flexibility index (Phi) is 19.6. The predicted octanol–water partition coefficient (Wildman–Crippen LogP) is 5.29. The van der Waals surface area contributed by atoms with Gasteiger partial charge in [0.2, 0.25) is 0 Å². The van der Waals surface area contributed by atoms with Gasteiger partial charge < -0.3 is 28.4 Å². The van der Waals surface area contributed by atoms with Crippen molar-refractivity contribution < 1.29 is 57.2 Å². The van der Waals surface area contributed by atoms with Gasteiger partial charge in [0.15, 0.2) is 0 Å². The summed E-state index contributed by atoms with van der Waals surface area (Å²) in [6.45, 7) is 22.9. The van der Waals surface area contributed by atoms with Crippen molar-refractivity contribution in [3.63, 3.8) is 0 Å². The molecule has 0 heterocycles. The quantitative estimate of drug-likeness (QED) is 0.0569. The van der Waals surface area contributed by atoms with Crippen LogP contribution < -0.4 is 0 Å². The molecule has 0 aromatic rings. The number of hydrogen-bond acceptors (Lipinski definition) is 12. The third kappa shape index (κ3) is 17.3. The second-order valence-electron chi connectivity index (χ2n) is 12.0. The zero-order valence-electron chi connectivity index (χ0n) is 28.9. The average molecular weight is 665 g/mol. The van der Waals surface area contributed by atoms with Crippen molar-refractivity contribution >= 4 is 35.8 Å². The molecule has 0 saturated heterocycles. The van der Waals surface area contributed by atoms with Crippen LogP contribution in [0.3, 0.4) is 0 Å². The summed E-state index contributed by atoms with van der Waals surface area (Å²) < 4.78 is 32.1. The second-order valence-corrected chi connectivity index (χ2v) is 12.0. The molecule has 0 aliphatic carbocycles. The van der Waals surface area contributed by atoms with E-state index in [2.05, 4.69) is 26.3 Å². The van der Waals surface area contributed by atoms with Gasteiger partial charge in [-0.3, -0.25) is 9.59 Å². The van der Waals surface area contributed by atoms with Crippen LogP contribution in [0.1, 0.15) is 86.5 Å². The lowest BCUT2D eigenvalue weighted by molar-refractivity contribution is -0.161. The van der Waals surface area contributed by atoms with Crippen LogP contribution in [-0.4, -0.2) is 75.5 Å². The first-order chi connectivity index (χ1) is 21.9. The standard InChI is InChI=1S/C35H52O12/c1-11-34(20-44-30(38)24(3)4,21-45-31(39)25(5)6)18-42-28(36)16-14-13-15-17-29(37)43-19-35(12-2,22-46-32(40)26(7)8)23-47-33(41)27(9)10/h3,5,7,9,11-23H2,1-2,4,6,8,10H3. The topological polar surface area (TPSA) is 158 Å². The van der Waals surface area contributed by atoms with Crippen molar-refractivity contribution in [2.24, 2.45) is 10.8 Å². The number of carbonyl (C=O) groups is 6. The van der Waals surface area contributed by atoms with E-state index in [4.69, 9.17) is 28.4 Å². The summed E-state index contributed by atoms with van der Waals surface area (Å²) >= 11 is 0. The lowest BCUT2D eigenvalue weighted by Crippen LogP contribution is -2.39. The third-order valence-corrected chi connectivity index (χ3v) is 7.27. The maximum atomic E-state index is 12.5. The molecule has 0 aromatic heterocycles. The van der Waals surface area contributed by atoms with Crippen LogP contribution >= 0.6 is 0 Å². The molecule has 0 N–H and O–H groups in total. The van der Waals surface area contributed by atoms with E-state index in [-0.39, 0.29) is 74.8 Å². The molecule has 0 aliphatic rings. The first-order valence-corrected chi connectivity index (χ1v) is 15.5. The Bertz CT molecular complexity index is 1030. The zero-order valence-corrected chi connectivity index (χ0v) is 28.9. The van der Waals surface area contributed by atoms with E-state index in [1.807, 2.05) is 0 Å². The molecule has 0 atom stereocenters. The van der Waals surface area contributed by atoms with Gasteiger partial charge in [0.05, 0.1) is 10.8 Å². The van der Waals surface area contributed by atoms with Gasteiger partial charge in [-0.2, -0.15) is 0 Å². The first kappa shape index (κ1) is 42.8. The Labute approximate surface area is 278 Å². The maximum absolute atomic E-state index is 12.5. The molecule has 0 unspecified atom stereocenters. The molecule has 0 saturated carbocycles. The second kappa shape index (κ2) is 21.6. The summed E-state index contributed by atoms with van der Waals surface area (Å²) in [6, 6.07) is 0. The monoisotopic (exact) mass is 664 g/mol. The number of hydrogen-bond donors (Lipinski definition) is 0. The van der Waals surface area contributed by atoms with Gasteiger partial charge in [-0.1, -0.05) is 46.6 Å². The maximum Gasteiger partial charge on any atom is 0.333 e. The predicted molar refractivity (Wildman–Crippen MR) is 174 cm³/mol. The summed E-state index contributed by atoms with van der Waals surface area (Å²) in [5.41, 5.74) is -1.12. The summed E-state index contributed by atoms with van der Waals surface area (Å²) in [5, 5.41) is 0. The molecule has 0 aromatic carbocycles. The molecule has 0 radical (unpaired) electrons. The third-order valence-electron chi connectivity index (χ3n) is 7.27. The highest BCUT2D eigenvalue weighted by Gasteiger charge is 2.35. The molecule has 0 bridgehead atoms. The molecule has 0 rings (SSSR count). The van der Waals surface area contributed by atoms with Gasteiger partial charge in [-0.15, -0.1) is 0 Å². The fourth-order valence-corrected chi connectivity index (χ4v) is 3.56. The van der Waals surface area contributed by atoms with Crippen LogP contribution in [0.25, 0.3) is 0 Å². The Morgan fingerprint density at radius 2 is 0.660 bits per heavy atom. The van der Waals surface area contributed by atoms with Gasteiger partial charge in [-0.05, 0) is 53.4 Å². The van der Waals surface area contributed by atoms with E-state index >= 15 is 0 Å². The minimum absolute atomic E-state index is 0.0765. The zero-order chi connectivity index (χ0) is 36.2. The number of rotatable bonds is 24. The molecule has 264 valence electrons. The number of esters is 6. The van der Waals surface area contributed by atoms with Crippen LogP contribution in [0, 0.1) is 10.8 Å². The molecular formula is C35H52O12. The van der Waals surface area contributed by atoms with Crippen molar-refractivity contribution in [3.8, 4) is 0 Å². The number of unbranched alkanes of at least 4 members (excludes halogenated alkanes) is 2. The summed E-state index contributed by atoms with van der Waals surface area (Å²) in [5.74, 6) is -3.45. The van der Waals surface area contributed by atoms with Crippen molar-refractivity contribution in [1.29, 1.82) is 0 Å². The van der Waals surface area contributed by atoms with Crippen molar-refractivity contribution in [2.45, 2.75) is 86.5 Å². The van der Waals surface area contributed by atoms with Crippen LogP contribution in [0.15, 0.2) is 48.6 Å². The van der Waals surface area contributed by atoms with Crippen LogP contribution in [0.4, 0.5) is 0 Å². The summed E-state index contributed by atoms with van der Waals surface area (Å²) in [4.78, 5) is 72.9. The number of carbonyl (C=O) groups excluding carboxylic acids is 6. The normalized spacial score (nSPS) is 11.0. The van der Waals surface area contributed by atoms with E-state index < -0.39 is 46.6 Å². The molecular weight excluding hydrogens is 612 g/mol. The van der Waals surface area contributed by atoms with Gasteiger partial charge in [0.25, 0.3) is 0 Å². The van der Waals surface area contributed by atoms with Gasteiger partial charge in [0.1, 0.15) is 39.6 Å². The lowest BCUT2D eigenvalue weighted by Gasteiger charge is -2.31. The average Bonchev–Trinajstić information content (AvgIpc) is 3.03. The molecule has 12 heteroatoms. The Balaban J connectivity index is 4.95. The van der Waals surface area contributed by atoms with E-state index in [9.17, 15) is 28.8 Å². The van der Waals surface area contributed by atoms with Crippen molar-refractivity contribution in [2.75, 3.05) is 39.6 Å². The van der Waals surface area contributed by atoms with Crippen LogP contribution in [0.5, 0.6) is 0 Å². The van der Waals surface area contributed by atoms with Crippen molar-refractivity contribution in [3.05, 3.63) is 48.6 Å². The smallest absolute Gasteiger partial charge is 0.333 e. The molecule has 47 heavy (non-hydrogen) atoms. The largest absolute Gasteiger partial charge is 0.465 e. The van der Waals surface area contributed by atoms with E-state index in [0.717, 1.165) is 0 Å². The molecule has 12 nitrogen and oxygen atoms in total. The minimum atomic E-state index is -0.963. The fourth-order valence-electron chi connectivity index (χ4n) is 3.56. The van der Waals surface area contributed by atoms with E-state index in [0.29, 0.717) is 32.1 Å². The first-order valence-electron chi connectivity index (χ1n) is 15.5. The summed E-state index contributed by atoms with van der Waals surface area (Å²) in [6.07, 6.45) is 2.31. The van der Waals surface area contributed by atoms with Gasteiger partial charge in [0, 0.05) is 35.1 Å². The Morgan fingerprint density at radius 3 is 0.872 bits per heavy atom. The Morgan fingerprint density at radius 1 is 0.426 bits per heavy atom. The molecule has 0 spiro atoms. The molecule has 0 fully saturated rings. The van der Waals surface area contributed by atoms with Gasteiger partial charge in [-0.25, -0.2) is 19.2 Å². The number of ether oxygens (including phenoxy) is 6. The van der Waals surface area contributed by atoms with Crippen LogP contribution in [0.2, 0.25) is 0 Å². The van der Waals surface area contributed by atoms with E-state index in [1.54, 1.807) is 13.8 Å². The highest BCUT2D eigenvalue weighted by Crippen LogP contribution is 2.27. The minimum Gasteiger partial charge on any atom is -0.465 e. The molecule has 0 amide bonds. The Hall–Kier alpha value is -4.22. The van der Waals surface area contributed by atoms with Gasteiger partial charge >= 0.3 is 35.8 Å². The summed E-state index contributed by atoms with van der Waals surface area (Å²) in [7, 11) is 0. The highest BCUT2D eigenvalue weighted by molar-refractivity contribution is 5.88.